The summed E-state index contributed by atoms with van der Waals surface area (Å²) in [6.07, 6.45) is 1.03. The zero-order chi connectivity index (χ0) is 17.9. The minimum atomic E-state index is -3.73. The number of hydrogen-bond acceptors (Lipinski definition) is 7. The molecule has 0 spiro atoms. The molecule has 0 unspecified atom stereocenters. The molecule has 0 aliphatic carbocycles. The number of rotatable bonds is 6. The van der Waals surface area contributed by atoms with Crippen molar-refractivity contribution in [2.75, 3.05) is 10.6 Å². The van der Waals surface area contributed by atoms with Crippen LogP contribution >= 0.6 is 15.9 Å². The van der Waals surface area contributed by atoms with Crippen LogP contribution in [0.15, 0.2) is 39.8 Å². The van der Waals surface area contributed by atoms with Crippen LogP contribution in [-0.4, -0.2) is 35.6 Å². The largest absolute Gasteiger partial charge is 0.391 e. The summed E-state index contributed by atoms with van der Waals surface area (Å²) in [6, 6.07) is 5.72. The van der Waals surface area contributed by atoms with Crippen molar-refractivity contribution >= 4 is 43.4 Å². The molecule has 1 aromatic carbocycles. The molecule has 8 nitrogen and oxygen atoms in total. The fraction of sp³-hybridized carbons (Fsp3) is 0.286. The Hall–Kier alpha value is -1.75. The van der Waals surface area contributed by atoms with Gasteiger partial charge in [-0.15, -0.1) is 0 Å². The number of nitrogens with zero attached hydrogens (tertiary/aromatic N) is 2. The Morgan fingerprint density at radius 2 is 1.88 bits per heavy atom. The van der Waals surface area contributed by atoms with Crippen LogP contribution in [-0.2, 0) is 10.0 Å². The van der Waals surface area contributed by atoms with Gasteiger partial charge < -0.3 is 15.7 Å². The van der Waals surface area contributed by atoms with Crippen molar-refractivity contribution in [2.24, 2.45) is 5.14 Å². The van der Waals surface area contributed by atoms with Crippen molar-refractivity contribution in [2.45, 2.75) is 30.9 Å². The fourth-order valence-electron chi connectivity index (χ4n) is 1.72. The quantitative estimate of drug-likeness (QED) is 0.565. The molecule has 0 fully saturated rings. The summed E-state index contributed by atoms with van der Waals surface area (Å²) in [7, 11) is -3.73. The van der Waals surface area contributed by atoms with Gasteiger partial charge in [0.25, 0.3) is 0 Å². The Morgan fingerprint density at radius 1 is 1.25 bits per heavy atom. The van der Waals surface area contributed by atoms with Gasteiger partial charge in [0.15, 0.2) is 0 Å². The van der Waals surface area contributed by atoms with E-state index in [9.17, 15) is 13.5 Å². The van der Waals surface area contributed by atoms with E-state index >= 15 is 0 Å². The van der Waals surface area contributed by atoms with Gasteiger partial charge >= 0.3 is 0 Å². The third-order valence-electron chi connectivity index (χ3n) is 3.27. The average Bonchev–Trinajstić information content (AvgIpc) is 2.50. The number of aliphatic hydroxyl groups excluding tert-OH is 1. The summed E-state index contributed by atoms with van der Waals surface area (Å²) in [5, 5.41) is 20.7. The lowest BCUT2D eigenvalue weighted by Gasteiger charge is -2.18. The molecule has 0 radical (unpaired) electrons. The van der Waals surface area contributed by atoms with Crippen LogP contribution in [0.4, 0.5) is 17.5 Å². The molecule has 24 heavy (non-hydrogen) atoms. The van der Waals surface area contributed by atoms with Gasteiger partial charge in [0.1, 0.15) is 5.82 Å². The van der Waals surface area contributed by atoms with E-state index in [2.05, 4.69) is 36.5 Å². The number of aromatic nitrogens is 2. The normalized spacial score (nSPS) is 14.0. The molecule has 2 rings (SSSR count). The maximum Gasteiger partial charge on any atom is 0.238 e. The zero-order valence-electron chi connectivity index (χ0n) is 13.1. The van der Waals surface area contributed by atoms with Gasteiger partial charge in [-0.3, -0.25) is 0 Å². The van der Waals surface area contributed by atoms with Crippen LogP contribution in [0, 0.1) is 0 Å². The SMILES string of the molecule is C[C@@H](O)[C@@H](C)Nc1nc(Nc2ccc(S(N)(=O)=O)cc2)ncc1Br. The van der Waals surface area contributed by atoms with E-state index in [1.165, 1.54) is 12.1 Å². The first-order valence-electron chi connectivity index (χ1n) is 7.04. The van der Waals surface area contributed by atoms with Crippen LogP contribution in [0.2, 0.25) is 0 Å². The molecule has 0 bridgehead atoms. The van der Waals surface area contributed by atoms with E-state index in [0.717, 1.165) is 0 Å². The lowest BCUT2D eigenvalue weighted by Crippen LogP contribution is -2.28. The van der Waals surface area contributed by atoms with E-state index in [0.29, 0.717) is 21.9 Å². The molecule has 130 valence electrons. The molecular formula is C14H18BrN5O3S. The molecular weight excluding hydrogens is 398 g/mol. The smallest absolute Gasteiger partial charge is 0.238 e. The molecule has 2 aromatic rings. The number of benzene rings is 1. The molecule has 1 aromatic heterocycles. The van der Waals surface area contributed by atoms with E-state index < -0.39 is 16.1 Å². The van der Waals surface area contributed by atoms with Gasteiger partial charge in [-0.1, -0.05) is 0 Å². The predicted molar refractivity (Wildman–Crippen MR) is 95.6 cm³/mol. The van der Waals surface area contributed by atoms with Crippen molar-refractivity contribution in [3.8, 4) is 0 Å². The summed E-state index contributed by atoms with van der Waals surface area (Å²) in [5.74, 6) is 0.851. The number of hydrogen-bond donors (Lipinski definition) is 4. The summed E-state index contributed by atoms with van der Waals surface area (Å²) in [5.41, 5.74) is 0.610. The van der Waals surface area contributed by atoms with Crippen molar-refractivity contribution in [3.63, 3.8) is 0 Å². The number of nitrogens with two attached hydrogens (primary N) is 1. The highest BCUT2D eigenvalue weighted by Gasteiger charge is 2.13. The maximum absolute atomic E-state index is 11.2. The first-order chi connectivity index (χ1) is 11.2. The topological polar surface area (TPSA) is 130 Å². The Morgan fingerprint density at radius 3 is 2.42 bits per heavy atom. The molecule has 0 saturated carbocycles. The van der Waals surface area contributed by atoms with Crippen LogP contribution in [0.3, 0.4) is 0 Å². The van der Waals surface area contributed by atoms with Crippen LogP contribution in [0.5, 0.6) is 0 Å². The van der Waals surface area contributed by atoms with Crippen LogP contribution in [0.1, 0.15) is 13.8 Å². The third kappa shape index (κ3) is 4.87. The first-order valence-corrected chi connectivity index (χ1v) is 9.38. The van der Waals surface area contributed by atoms with E-state index in [1.807, 2.05) is 6.92 Å². The second-order valence-corrected chi connectivity index (χ2v) is 7.67. The highest BCUT2D eigenvalue weighted by Crippen LogP contribution is 2.23. The predicted octanol–water partition coefficient (Wildman–Crippen LogP) is 1.81. The van der Waals surface area contributed by atoms with Crippen molar-refractivity contribution in [1.82, 2.24) is 9.97 Å². The van der Waals surface area contributed by atoms with Crippen molar-refractivity contribution < 1.29 is 13.5 Å². The maximum atomic E-state index is 11.2. The van der Waals surface area contributed by atoms with E-state index in [-0.39, 0.29) is 10.9 Å². The molecule has 0 aliphatic rings. The molecule has 5 N–H and O–H groups in total. The number of nitrogens with one attached hydrogen (secondary N) is 2. The minimum absolute atomic E-state index is 0.0258. The van der Waals surface area contributed by atoms with Gasteiger partial charge in [0, 0.05) is 11.9 Å². The zero-order valence-corrected chi connectivity index (χ0v) is 15.5. The Bertz CT molecular complexity index is 812. The third-order valence-corrected chi connectivity index (χ3v) is 4.78. The highest BCUT2D eigenvalue weighted by molar-refractivity contribution is 9.10. The van der Waals surface area contributed by atoms with Gasteiger partial charge in [0.2, 0.25) is 16.0 Å². The van der Waals surface area contributed by atoms with Gasteiger partial charge in [-0.25, -0.2) is 18.5 Å². The second kappa shape index (κ2) is 7.43. The summed E-state index contributed by atoms with van der Waals surface area (Å²) < 4.78 is 23.1. The molecule has 0 saturated heterocycles. The Labute approximate surface area is 148 Å². The number of halogens is 1. The molecule has 0 amide bonds. The number of sulfonamides is 1. The van der Waals surface area contributed by atoms with E-state index in [1.54, 1.807) is 25.3 Å². The molecule has 10 heteroatoms. The second-order valence-electron chi connectivity index (χ2n) is 5.26. The first kappa shape index (κ1) is 18.6. The average molecular weight is 416 g/mol. The van der Waals surface area contributed by atoms with Gasteiger partial charge in [-0.05, 0) is 54.0 Å². The Kier molecular flexibility index (Phi) is 5.75. The number of primary sulfonamides is 1. The summed E-state index contributed by atoms with van der Waals surface area (Å²) >= 11 is 3.35. The number of aliphatic hydroxyl groups is 1. The van der Waals surface area contributed by atoms with E-state index in [4.69, 9.17) is 5.14 Å². The lowest BCUT2D eigenvalue weighted by atomic mass is 10.2. The standard InChI is InChI=1S/C14H18BrN5O3S/c1-8(9(2)21)18-13-12(15)7-17-14(20-13)19-10-3-5-11(6-4-10)24(16,22)23/h3-9,21H,1-2H3,(H2,16,22,23)(H2,17,18,19,20)/t8-,9-/m1/s1. The summed E-state index contributed by atoms with van der Waals surface area (Å²) in [4.78, 5) is 8.50. The minimum Gasteiger partial charge on any atom is -0.391 e. The van der Waals surface area contributed by atoms with Gasteiger partial charge in [-0.2, -0.15) is 4.98 Å². The van der Waals surface area contributed by atoms with Crippen molar-refractivity contribution in [1.29, 1.82) is 0 Å². The van der Waals surface area contributed by atoms with Crippen molar-refractivity contribution in [3.05, 3.63) is 34.9 Å². The monoisotopic (exact) mass is 415 g/mol. The van der Waals surface area contributed by atoms with Gasteiger partial charge in [0.05, 0.1) is 21.5 Å². The molecule has 0 aliphatic heterocycles. The lowest BCUT2D eigenvalue weighted by molar-refractivity contribution is 0.177. The van der Waals surface area contributed by atoms with Crippen LogP contribution < -0.4 is 15.8 Å². The number of anilines is 3. The highest BCUT2D eigenvalue weighted by atomic mass is 79.9. The molecule has 2 atom stereocenters. The fourth-order valence-corrected chi connectivity index (χ4v) is 2.54. The molecule has 1 heterocycles. The Balaban J connectivity index is 2.18. The van der Waals surface area contributed by atoms with Crippen LogP contribution in [0.25, 0.3) is 0 Å². The summed E-state index contributed by atoms with van der Waals surface area (Å²) in [6.45, 7) is 3.51.